The van der Waals surface area contributed by atoms with E-state index in [4.69, 9.17) is 4.74 Å². The van der Waals surface area contributed by atoms with E-state index in [0.29, 0.717) is 5.71 Å². The van der Waals surface area contributed by atoms with Crippen molar-refractivity contribution < 1.29 is 17.9 Å². The Morgan fingerprint density at radius 2 is 1.90 bits per heavy atom. The summed E-state index contributed by atoms with van der Waals surface area (Å²) in [6.45, 7) is 5.40. The van der Waals surface area contributed by atoms with Gasteiger partial charge in [0.25, 0.3) is 10.0 Å². The number of carbonyl (C=O) groups is 1. The lowest BCUT2D eigenvalue weighted by molar-refractivity contribution is -0.137. The van der Waals surface area contributed by atoms with Crippen LogP contribution in [0.3, 0.4) is 0 Å². The zero-order chi connectivity index (χ0) is 15.9. The van der Waals surface area contributed by atoms with Crippen LogP contribution in [0.1, 0.15) is 19.4 Å². The van der Waals surface area contributed by atoms with Gasteiger partial charge in [-0.15, -0.1) is 0 Å². The highest BCUT2D eigenvalue weighted by Gasteiger charge is 2.11. The van der Waals surface area contributed by atoms with E-state index in [1.165, 1.54) is 24.3 Å². The van der Waals surface area contributed by atoms with Gasteiger partial charge in [0.05, 0.1) is 17.2 Å². The summed E-state index contributed by atoms with van der Waals surface area (Å²) in [5, 5.41) is 3.71. The van der Waals surface area contributed by atoms with Gasteiger partial charge in [0.15, 0.2) is 0 Å². The lowest BCUT2D eigenvalue weighted by Gasteiger charge is -2.04. The number of ether oxygens (including phenoxy) is 1. The fourth-order valence-electron chi connectivity index (χ4n) is 1.32. The SMILES string of the molecule is CCOC(=O)/C=C/C(C)=N/NS(=O)(=O)c1ccc(C)cc1. The molecule has 0 amide bonds. The van der Waals surface area contributed by atoms with Crippen LogP contribution in [0.15, 0.2) is 46.4 Å². The highest BCUT2D eigenvalue weighted by atomic mass is 32.2. The van der Waals surface area contributed by atoms with Crippen LogP contribution in [-0.4, -0.2) is 26.7 Å². The summed E-state index contributed by atoms with van der Waals surface area (Å²) in [6, 6.07) is 6.39. The van der Waals surface area contributed by atoms with Crippen molar-refractivity contribution in [3.8, 4) is 0 Å². The molecule has 7 heteroatoms. The number of hydrazone groups is 1. The van der Waals surface area contributed by atoms with Gasteiger partial charge in [0.1, 0.15) is 0 Å². The maximum atomic E-state index is 12.0. The first kappa shape index (κ1) is 16.9. The summed E-state index contributed by atoms with van der Waals surface area (Å²) in [7, 11) is -3.71. The smallest absolute Gasteiger partial charge is 0.330 e. The first-order chi connectivity index (χ1) is 9.85. The van der Waals surface area contributed by atoms with Gasteiger partial charge in [0.2, 0.25) is 0 Å². The molecule has 0 atom stereocenters. The average Bonchev–Trinajstić information content (AvgIpc) is 2.44. The van der Waals surface area contributed by atoms with E-state index in [9.17, 15) is 13.2 Å². The van der Waals surface area contributed by atoms with E-state index in [1.807, 2.05) is 6.92 Å². The summed E-state index contributed by atoms with van der Waals surface area (Å²) in [6.07, 6.45) is 2.55. The minimum Gasteiger partial charge on any atom is -0.463 e. The van der Waals surface area contributed by atoms with Gasteiger partial charge in [0, 0.05) is 6.08 Å². The molecule has 0 aliphatic rings. The number of carbonyl (C=O) groups excluding carboxylic acids is 1. The molecule has 0 fully saturated rings. The number of benzene rings is 1. The molecule has 0 radical (unpaired) electrons. The number of allylic oxidation sites excluding steroid dienone is 1. The second-order valence-electron chi connectivity index (χ2n) is 4.25. The number of nitrogens with zero attached hydrogens (tertiary/aromatic N) is 1. The normalized spacial score (nSPS) is 12.4. The Morgan fingerprint density at radius 1 is 1.29 bits per heavy atom. The molecule has 0 heterocycles. The monoisotopic (exact) mass is 310 g/mol. The molecule has 0 aliphatic heterocycles. The lowest BCUT2D eigenvalue weighted by atomic mass is 10.2. The van der Waals surface area contributed by atoms with Gasteiger partial charge in [-0.1, -0.05) is 17.7 Å². The Kier molecular flexibility index (Phi) is 6.10. The largest absolute Gasteiger partial charge is 0.463 e. The van der Waals surface area contributed by atoms with E-state index >= 15 is 0 Å². The van der Waals surface area contributed by atoms with E-state index in [2.05, 4.69) is 9.93 Å². The van der Waals surface area contributed by atoms with Crippen LogP contribution in [0.4, 0.5) is 0 Å². The molecule has 0 saturated heterocycles. The summed E-state index contributed by atoms with van der Waals surface area (Å²) < 4.78 is 28.6. The second kappa shape index (κ2) is 7.58. The van der Waals surface area contributed by atoms with Crippen LogP contribution >= 0.6 is 0 Å². The maximum Gasteiger partial charge on any atom is 0.330 e. The average molecular weight is 310 g/mol. The van der Waals surface area contributed by atoms with Crippen molar-refractivity contribution in [1.82, 2.24) is 4.83 Å². The van der Waals surface area contributed by atoms with Crippen molar-refractivity contribution in [1.29, 1.82) is 0 Å². The van der Waals surface area contributed by atoms with Crippen LogP contribution in [0.2, 0.25) is 0 Å². The van der Waals surface area contributed by atoms with Crippen LogP contribution in [0, 0.1) is 6.92 Å². The third kappa shape index (κ3) is 5.78. The molecule has 114 valence electrons. The summed E-state index contributed by atoms with van der Waals surface area (Å²) in [4.78, 5) is 13.3. The fraction of sp³-hybridized carbons (Fsp3) is 0.286. The van der Waals surface area contributed by atoms with Crippen LogP contribution < -0.4 is 4.83 Å². The number of sulfonamides is 1. The van der Waals surface area contributed by atoms with Gasteiger partial charge in [-0.2, -0.15) is 18.4 Å². The van der Waals surface area contributed by atoms with Crippen LogP contribution in [0.5, 0.6) is 0 Å². The summed E-state index contributed by atoms with van der Waals surface area (Å²) in [5.74, 6) is -0.506. The lowest BCUT2D eigenvalue weighted by Crippen LogP contribution is -2.19. The van der Waals surface area contributed by atoms with Crippen molar-refractivity contribution in [2.75, 3.05) is 6.61 Å². The number of hydrogen-bond acceptors (Lipinski definition) is 5. The highest BCUT2D eigenvalue weighted by Crippen LogP contribution is 2.09. The van der Waals surface area contributed by atoms with E-state index in [-0.39, 0.29) is 11.5 Å². The Hall–Kier alpha value is -2.15. The molecule has 0 saturated carbocycles. The standard InChI is InChI=1S/C14H18N2O4S/c1-4-20-14(17)10-7-12(3)15-16-21(18,19)13-8-5-11(2)6-9-13/h5-10,16H,4H2,1-3H3/b10-7+,15-12+. The number of nitrogens with one attached hydrogen (secondary N) is 1. The molecule has 0 aliphatic carbocycles. The predicted octanol–water partition coefficient (Wildman–Crippen LogP) is 1.77. The van der Waals surface area contributed by atoms with Crippen LogP contribution in [-0.2, 0) is 19.6 Å². The zero-order valence-corrected chi connectivity index (χ0v) is 13.0. The molecule has 6 nitrogen and oxygen atoms in total. The Morgan fingerprint density at radius 3 is 2.48 bits per heavy atom. The molecule has 0 bridgehead atoms. The second-order valence-corrected chi connectivity index (χ2v) is 5.91. The first-order valence-corrected chi connectivity index (χ1v) is 7.81. The molecule has 0 aromatic heterocycles. The van der Waals surface area contributed by atoms with Gasteiger partial charge >= 0.3 is 5.97 Å². The number of rotatable bonds is 6. The van der Waals surface area contributed by atoms with Crippen molar-refractivity contribution >= 4 is 21.7 Å². The van der Waals surface area contributed by atoms with Crippen LogP contribution in [0.25, 0.3) is 0 Å². The van der Waals surface area contributed by atoms with Crippen molar-refractivity contribution in [2.45, 2.75) is 25.7 Å². The molecule has 21 heavy (non-hydrogen) atoms. The van der Waals surface area contributed by atoms with E-state index in [1.54, 1.807) is 26.0 Å². The minimum atomic E-state index is -3.71. The van der Waals surface area contributed by atoms with Gasteiger partial charge in [-0.05, 0) is 39.0 Å². The zero-order valence-electron chi connectivity index (χ0n) is 12.2. The van der Waals surface area contributed by atoms with Gasteiger partial charge in [-0.25, -0.2) is 4.79 Å². The quantitative estimate of drug-likeness (QED) is 0.375. The van der Waals surface area contributed by atoms with Gasteiger partial charge in [-0.3, -0.25) is 0 Å². The third-order valence-electron chi connectivity index (χ3n) is 2.42. The molecule has 0 unspecified atom stereocenters. The number of esters is 1. The molecule has 1 aromatic rings. The van der Waals surface area contributed by atoms with Crippen molar-refractivity contribution in [3.05, 3.63) is 42.0 Å². The molecular weight excluding hydrogens is 292 g/mol. The van der Waals surface area contributed by atoms with Crippen molar-refractivity contribution in [2.24, 2.45) is 5.10 Å². The van der Waals surface area contributed by atoms with E-state index in [0.717, 1.165) is 5.56 Å². The van der Waals surface area contributed by atoms with Crippen molar-refractivity contribution in [3.63, 3.8) is 0 Å². The Labute approximate surface area is 124 Å². The summed E-state index contributed by atoms with van der Waals surface area (Å²) in [5.41, 5.74) is 1.30. The Balaban J connectivity index is 2.74. The molecule has 1 N–H and O–H groups in total. The third-order valence-corrected chi connectivity index (χ3v) is 3.65. The Bertz CT molecular complexity index is 646. The molecular formula is C14H18N2O4S. The minimum absolute atomic E-state index is 0.124. The molecule has 1 rings (SSSR count). The van der Waals surface area contributed by atoms with Gasteiger partial charge < -0.3 is 4.74 Å². The predicted molar refractivity (Wildman–Crippen MR) is 80.4 cm³/mol. The first-order valence-electron chi connectivity index (χ1n) is 6.32. The maximum absolute atomic E-state index is 12.0. The molecule has 0 spiro atoms. The topological polar surface area (TPSA) is 84.8 Å². The number of aryl methyl sites for hydroxylation is 1. The fourth-order valence-corrected chi connectivity index (χ4v) is 2.18. The number of hydrogen-bond donors (Lipinski definition) is 1. The van der Waals surface area contributed by atoms with E-state index < -0.39 is 16.0 Å². The highest BCUT2D eigenvalue weighted by molar-refractivity contribution is 7.89. The molecule has 1 aromatic carbocycles. The summed E-state index contributed by atoms with van der Waals surface area (Å²) >= 11 is 0.